The second kappa shape index (κ2) is 18.2. The lowest BCUT2D eigenvalue weighted by molar-refractivity contribution is -0.0185. The molecule has 0 aliphatic carbocycles. The fourth-order valence-electron chi connectivity index (χ4n) is 3.25. The quantitative estimate of drug-likeness (QED) is 0.223. The van der Waals surface area contributed by atoms with E-state index in [1.807, 2.05) is 0 Å². The maximum atomic E-state index is 10.0. The number of aliphatic hydroxyl groups excluding tert-OH is 5. The molecular formula is C21H44O5. The Hall–Kier alpha value is -0.200. The van der Waals surface area contributed by atoms with Crippen molar-refractivity contribution in [3.63, 3.8) is 0 Å². The third-order valence-electron chi connectivity index (χ3n) is 5.18. The Morgan fingerprint density at radius 2 is 0.769 bits per heavy atom. The summed E-state index contributed by atoms with van der Waals surface area (Å²) in [5.41, 5.74) is 0. The fraction of sp³-hybridized carbons (Fsp3) is 1.00. The van der Waals surface area contributed by atoms with Gasteiger partial charge in [0.2, 0.25) is 0 Å². The Balaban J connectivity index is 3.43. The first-order chi connectivity index (χ1) is 12.5. The van der Waals surface area contributed by atoms with Crippen molar-refractivity contribution in [2.45, 2.75) is 128 Å². The SMILES string of the molecule is CCCCCCCCC(O)C(O)CCCCCCCCC(O)C(O)CO. The van der Waals surface area contributed by atoms with Crippen LogP contribution in [0.4, 0.5) is 0 Å². The van der Waals surface area contributed by atoms with Gasteiger partial charge in [0, 0.05) is 0 Å². The lowest BCUT2D eigenvalue weighted by atomic mass is 9.99. The van der Waals surface area contributed by atoms with E-state index in [0.29, 0.717) is 19.3 Å². The molecule has 158 valence electrons. The van der Waals surface area contributed by atoms with Crippen molar-refractivity contribution in [1.29, 1.82) is 0 Å². The van der Waals surface area contributed by atoms with Crippen LogP contribution in [0.2, 0.25) is 0 Å². The van der Waals surface area contributed by atoms with E-state index in [4.69, 9.17) is 5.11 Å². The summed E-state index contributed by atoms with van der Waals surface area (Å²) in [7, 11) is 0. The second-order valence-corrected chi connectivity index (χ2v) is 7.71. The first-order valence-corrected chi connectivity index (χ1v) is 10.9. The topological polar surface area (TPSA) is 101 Å². The summed E-state index contributed by atoms with van der Waals surface area (Å²) < 4.78 is 0. The van der Waals surface area contributed by atoms with Crippen molar-refractivity contribution in [3.05, 3.63) is 0 Å². The monoisotopic (exact) mass is 376 g/mol. The van der Waals surface area contributed by atoms with Crippen molar-refractivity contribution < 1.29 is 25.5 Å². The maximum absolute atomic E-state index is 10.0. The summed E-state index contributed by atoms with van der Waals surface area (Å²) in [5.74, 6) is 0. The normalized spacial score (nSPS) is 16.4. The van der Waals surface area contributed by atoms with E-state index in [1.165, 1.54) is 25.7 Å². The van der Waals surface area contributed by atoms with Gasteiger partial charge in [-0.2, -0.15) is 0 Å². The van der Waals surface area contributed by atoms with Crippen LogP contribution in [-0.4, -0.2) is 56.6 Å². The van der Waals surface area contributed by atoms with Crippen LogP contribution in [0.15, 0.2) is 0 Å². The summed E-state index contributed by atoms with van der Waals surface area (Å²) in [6, 6.07) is 0. The Kier molecular flexibility index (Phi) is 18.0. The highest BCUT2D eigenvalue weighted by Gasteiger charge is 2.15. The molecule has 0 saturated carbocycles. The van der Waals surface area contributed by atoms with Gasteiger partial charge in [0.05, 0.1) is 24.9 Å². The minimum absolute atomic E-state index is 0.395. The molecule has 0 aliphatic rings. The van der Waals surface area contributed by atoms with Crippen LogP contribution >= 0.6 is 0 Å². The van der Waals surface area contributed by atoms with E-state index in [0.717, 1.165) is 51.4 Å². The minimum Gasteiger partial charge on any atom is -0.394 e. The molecule has 0 spiro atoms. The van der Waals surface area contributed by atoms with Crippen LogP contribution in [0.5, 0.6) is 0 Å². The fourth-order valence-corrected chi connectivity index (χ4v) is 3.25. The molecule has 5 nitrogen and oxygen atoms in total. The molecule has 0 bridgehead atoms. The van der Waals surface area contributed by atoms with Gasteiger partial charge < -0.3 is 25.5 Å². The molecule has 0 fully saturated rings. The van der Waals surface area contributed by atoms with E-state index >= 15 is 0 Å². The van der Waals surface area contributed by atoms with E-state index in [-0.39, 0.29) is 0 Å². The number of rotatable bonds is 19. The van der Waals surface area contributed by atoms with Crippen LogP contribution < -0.4 is 0 Å². The molecular weight excluding hydrogens is 332 g/mol. The van der Waals surface area contributed by atoms with Gasteiger partial charge in [-0.1, -0.05) is 84.0 Å². The molecule has 0 rings (SSSR count). The number of unbranched alkanes of at least 4 members (excludes halogenated alkanes) is 10. The molecule has 0 aromatic rings. The summed E-state index contributed by atoms with van der Waals surface area (Å²) in [5, 5.41) is 47.5. The van der Waals surface area contributed by atoms with Crippen molar-refractivity contribution in [2.24, 2.45) is 0 Å². The van der Waals surface area contributed by atoms with Crippen molar-refractivity contribution >= 4 is 0 Å². The molecule has 0 radical (unpaired) electrons. The minimum atomic E-state index is -1.03. The van der Waals surface area contributed by atoms with Crippen LogP contribution in [0.3, 0.4) is 0 Å². The van der Waals surface area contributed by atoms with Gasteiger partial charge in [-0.3, -0.25) is 0 Å². The molecule has 0 aliphatic heterocycles. The smallest absolute Gasteiger partial charge is 0.103 e. The van der Waals surface area contributed by atoms with Crippen LogP contribution in [-0.2, 0) is 0 Å². The third-order valence-corrected chi connectivity index (χ3v) is 5.18. The Morgan fingerprint density at radius 3 is 1.12 bits per heavy atom. The van der Waals surface area contributed by atoms with Gasteiger partial charge in [0.25, 0.3) is 0 Å². The average Bonchev–Trinajstić information content (AvgIpc) is 2.65. The summed E-state index contributed by atoms with van der Waals surface area (Å²) in [6.45, 7) is 1.81. The zero-order valence-electron chi connectivity index (χ0n) is 16.9. The van der Waals surface area contributed by atoms with E-state index in [2.05, 4.69) is 6.92 Å². The maximum Gasteiger partial charge on any atom is 0.103 e. The van der Waals surface area contributed by atoms with E-state index in [9.17, 15) is 20.4 Å². The van der Waals surface area contributed by atoms with Gasteiger partial charge in [0.15, 0.2) is 0 Å². The van der Waals surface area contributed by atoms with Gasteiger partial charge in [-0.25, -0.2) is 0 Å². The standard InChI is InChI=1S/C21H44O5/c1-2-3-4-5-8-11-14-18(23)19(24)15-12-9-6-7-10-13-16-20(25)21(26)17-22/h18-26H,2-17H2,1H3. The lowest BCUT2D eigenvalue weighted by Crippen LogP contribution is -2.28. The number of hydrogen-bond donors (Lipinski definition) is 5. The first kappa shape index (κ1) is 25.8. The molecule has 5 heteroatoms. The Labute approximate surface area is 160 Å². The number of aliphatic hydroxyl groups is 5. The molecule has 0 amide bonds. The van der Waals surface area contributed by atoms with E-state index < -0.39 is 31.0 Å². The molecule has 0 saturated heterocycles. The second-order valence-electron chi connectivity index (χ2n) is 7.71. The van der Waals surface area contributed by atoms with Gasteiger partial charge in [0.1, 0.15) is 6.10 Å². The van der Waals surface area contributed by atoms with E-state index in [1.54, 1.807) is 0 Å². The van der Waals surface area contributed by atoms with Crippen LogP contribution in [0.1, 0.15) is 103 Å². The Morgan fingerprint density at radius 1 is 0.462 bits per heavy atom. The van der Waals surface area contributed by atoms with Gasteiger partial charge in [-0.15, -0.1) is 0 Å². The highest BCUT2D eigenvalue weighted by Crippen LogP contribution is 2.15. The van der Waals surface area contributed by atoms with Crippen molar-refractivity contribution in [2.75, 3.05) is 6.61 Å². The highest BCUT2D eigenvalue weighted by atomic mass is 16.4. The van der Waals surface area contributed by atoms with Crippen LogP contribution in [0.25, 0.3) is 0 Å². The zero-order valence-corrected chi connectivity index (χ0v) is 16.9. The average molecular weight is 377 g/mol. The molecule has 4 unspecified atom stereocenters. The first-order valence-electron chi connectivity index (χ1n) is 10.9. The summed E-state index contributed by atoms with van der Waals surface area (Å²) >= 11 is 0. The lowest BCUT2D eigenvalue weighted by Gasteiger charge is -2.17. The van der Waals surface area contributed by atoms with Gasteiger partial charge >= 0.3 is 0 Å². The zero-order chi connectivity index (χ0) is 19.6. The molecule has 0 aromatic heterocycles. The molecule has 4 atom stereocenters. The summed E-state index contributed by atoms with van der Waals surface area (Å²) in [4.78, 5) is 0. The predicted molar refractivity (Wildman–Crippen MR) is 106 cm³/mol. The molecule has 26 heavy (non-hydrogen) atoms. The van der Waals surface area contributed by atoms with Crippen LogP contribution in [0, 0.1) is 0 Å². The Bertz CT molecular complexity index is 288. The van der Waals surface area contributed by atoms with Gasteiger partial charge in [-0.05, 0) is 19.3 Å². The molecule has 5 N–H and O–H groups in total. The highest BCUT2D eigenvalue weighted by molar-refractivity contribution is 4.68. The van der Waals surface area contributed by atoms with Crippen molar-refractivity contribution in [1.82, 2.24) is 0 Å². The largest absolute Gasteiger partial charge is 0.394 e. The molecule has 0 aromatic carbocycles. The predicted octanol–water partition coefficient (Wildman–Crippen LogP) is 3.29. The number of hydrogen-bond acceptors (Lipinski definition) is 5. The third kappa shape index (κ3) is 14.9. The summed E-state index contributed by atoms with van der Waals surface area (Å²) in [6.07, 6.45) is 12.0. The molecule has 0 heterocycles. The van der Waals surface area contributed by atoms with Crippen molar-refractivity contribution in [3.8, 4) is 0 Å².